The van der Waals surface area contributed by atoms with Crippen LogP contribution in [0.5, 0.6) is 11.5 Å². The average molecular weight is 444 g/mol. The van der Waals surface area contributed by atoms with E-state index in [1.807, 2.05) is 54.6 Å². The number of rotatable bonds is 9. The zero-order chi connectivity index (χ0) is 22.2. The highest BCUT2D eigenvalue weighted by Crippen LogP contribution is 2.30. The van der Waals surface area contributed by atoms with E-state index in [-0.39, 0.29) is 0 Å². The van der Waals surface area contributed by atoms with Crippen LogP contribution in [-0.4, -0.2) is 24.9 Å². The molecule has 3 aromatic carbocycles. The SMILES string of the molecule is COc1cc(/C=N/Nc2nc(-c3ccccc3)c(C)s2)ccc1OCCc1ccccc1. The molecule has 0 aliphatic heterocycles. The van der Waals surface area contributed by atoms with E-state index in [0.717, 1.165) is 39.0 Å². The van der Waals surface area contributed by atoms with Crippen molar-refractivity contribution >= 4 is 22.7 Å². The number of anilines is 1. The van der Waals surface area contributed by atoms with Crippen molar-refractivity contribution in [2.24, 2.45) is 5.10 Å². The van der Waals surface area contributed by atoms with E-state index in [1.165, 1.54) is 5.56 Å². The second-order valence-electron chi connectivity index (χ2n) is 7.15. The zero-order valence-electron chi connectivity index (χ0n) is 18.1. The van der Waals surface area contributed by atoms with Crippen LogP contribution in [0.15, 0.2) is 84.0 Å². The number of aryl methyl sites for hydroxylation is 1. The van der Waals surface area contributed by atoms with E-state index < -0.39 is 0 Å². The maximum Gasteiger partial charge on any atom is 0.204 e. The van der Waals surface area contributed by atoms with Gasteiger partial charge in [-0.1, -0.05) is 60.7 Å². The van der Waals surface area contributed by atoms with E-state index >= 15 is 0 Å². The molecule has 162 valence electrons. The van der Waals surface area contributed by atoms with Crippen LogP contribution in [0.1, 0.15) is 16.0 Å². The third kappa shape index (κ3) is 5.53. The molecular weight excluding hydrogens is 418 g/mol. The molecule has 0 saturated heterocycles. The van der Waals surface area contributed by atoms with Crippen LogP contribution in [0.25, 0.3) is 11.3 Å². The lowest BCUT2D eigenvalue weighted by Gasteiger charge is -2.11. The predicted octanol–water partition coefficient (Wildman–Crippen LogP) is 6.19. The van der Waals surface area contributed by atoms with E-state index in [0.29, 0.717) is 12.4 Å². The number of nitrogens with one attached hydrogen (secondary N) is 1. The number of ether oxygens (including phenoxy) is 2. The number of hydrogen-bond donors (Lipinski definition) is 1. The molecule has 1 heterocycles. The Balaban J connectivity index is 1.37. The third-order valence-corrected chi connectivity index (χ3v) is 5.77. The van der Waals surface area contributed by atoms with E-state index in [1.54, 1.807) is 24.7 Å². The number of methoxy groups -OCH3 is 1. The number of nitrogens with zero attached hydrogens (tertiary/aromatic N) is 2. The van der Waals surface area contributed by atoms with Crippen LogP contribution in [0.3, 0.4) is 0 Å². The molecule has 32 heavy (non-hydrogen) atoms. The Labute approximate surface area is 192 Å². The van der Waals surface area contributed by atoms with Crippen LogP contribution in [-0.2, 0) is 6.42 Å². The molecule has 5 nitrogen and oxygen atoms in total. The molecule has 0 fully saturated rings. The molecule has 1 aromatic heterocycles. The average Bonchev–Trinajstić information content (AvgIpc) is 3.21. The maximum absolute atomic E-state index is 5.93. The first-order valence-corrected chi connectivity index (χ1v) is 11.2. The van der Waals surface area contributed by atoms with Crippen molar-refractivity contribution in [2.45, 2.75) is 13.3 Å². The smallest absolute Gasteiger partial charge is 0.204 e. The van der Waals surface area contributed by atoms with Gasteiger partial charge in [0, 0.05) is 16.9 Å². The van der Waals surface area contributed by atoms with Crippen molar-refractivity contribution in [3.63, 3.8) is 0 Å². The molecule has 4 aromatic rings. The van der Waals surface area contributed by atoms with Gasteiger partial charge in [-0.25, -0.2) is 4.98 Å². The van der Waals surface area contributed by atoms with Gasteiger partial charge in [-0.15, -0.1) is 11.3 Å². The van der Waals surface area contributed by atoms with Crippen molar-refractivity contribution < 1.29 is 9.47 Å². The molecule has 1 N–H and O–H groups in total. The van der Waals surface area contributed by atoms with Crippen molar-refractivity contribution in [1.82, 2.24) is 4.98 Å². The molecule has 0 radical (unpaired) electrons. The minimum atomic E-state index is 0.586. The fourth-order valence-corrected chi connectivity index (χ4v) is 4.06. The van der Waals surface area contributed by atoms with Gasteiger partial charge in [-0.3, -0.25) is 5.43 Å². The summed E-state index contributed by atoms with van der Waals surface area (Å²) < 4.78 is 11.4. The maximum atomic E-state index is 5.93. The molecule has 0 saturated carbocycles. The molecule has 0 aliphatic carbocycles. The molecule has 0 aliphatic rings. The molecular formula is C26H25N3O2S. The molecule has 0 spiro atoms. The van der Waals surface area contributed by atoms with Gasteiger partial charge in [-0.2, -0.15) is 5.10 Å². The van der Waals surface area contributed by atoms with E-state index in [2.05, 4.69) is 46.7 Å². The van der Waals surface area contributed by atoms with Gasteiger partial charge >= 0.3 is 0 Å². The molecule has 6 heteroatoms. The summed E-state index contributed by atoms with van der Waals surface area (Å²) in [5, 5.41) is 5.10. The Bertz CT molecular complexity index is 1170. The lowest BCUT2D eigenvalue weighted by atomic mass is 10.1. The quantitative estimate of drug-likeness (QED) is 0.247. The van der Waals surface area contributed by atoms with E-state index in [4.69, 9.17) is 9.47 Å². The Morgan fingerprint density at radius 1 is 0.969 bits per heavy atom. The highest BCUT2D eigenvalue weighted by Gasteiger charge is 2.09. The number of aromatic nitrogens is 1. The summed E-state index contributed by atoms with van der Waals surface area (Å²) in [6.45, 7) is 2.65. The third-order valence-electron chi connectivity index (χ3n) is 4.90. The van der Waals surface area contributed by atoms with Crippen molar-refractivity contribution in [2.75, 3.05) is 19.1 Å². The fourth-order valence-electron chi connectivity index (χ4n) is 3.28. The molecule has 0 bridgehead atoms. The van der Waals surface area contributed by atoms with Crippen LogP contribution in [0.2, 0.25) is 0 Å². The summed E-state index contributed by atoms with van der Waals surface area (Å²) in [7, 11) is 1.64. The van der Waals surface area contributed by atoms with Crippen molar-refractivity contribution in [3.8, 4) is 22.8 Å². The van der Waals surface area contributed by atoms with Crippen molar-refractivity contribution in [1.29, 1.82) is 0 Å². The standard InChI is InChI=1S/C26H25N3O2S/c1-19-25(22-11-7-4-8-12-22)28-26(32-19)29-27-18-21-13-14-23(24(17-21)30-2)31-16-15-20-9-5-3-6-10-20/h3-14,17-18H,15-16H2,1-2H3,(H,28,29)/b27-18+. The summed E-state index contributed by atoms with van der Waals surface area (Å²) in [6, 6.07) is 26.2. The van der Waals surface area contributed by atoms with Crippen molar-refractivity contribution in [3.05, 3.63) is 94.9 Å². The Kier molecular flexibility index (Phi) is 7.15. The monoisotopic (exact) mass is 443 g/mol. The van der Waals surface area contributed by atoms with Gasteiger partial charge < -0.3 is 9.47 Å². The topological polar surface area (TPSA) is 55.7 Å². The summed E-state index contributed by atoms with van der Waals surface area (Å²) in [4.78, 5) is 5.81. The summed E-state index contributed by atoms with van der Waals surface area (Å²) in [6.07, 6.45) is 2.59. The lowest BCUT2D eigenvalue weighted by molar-refractivity contribution is 0.297. The normalized spacial score (nSPS) is 10.9. The first kappa shape index (κ1) is 21.6. The summed E-state index contributed by atoms with van der Waals surface area (Å²) >= 11 is 1.58. The first-order chi connectivity index (χ1) is 15.7. The van der Waals surface area contributed by atoms with Gasteiger partial charge in [0.2, 0.25) is 5.13 Å². The van der Waals surface area contributed by atoms with Gasteiger partial charge in [0.15, 0.2) is 11.5 Å². The molecule has 0 unspecified atom stereocenters. The van der Waals surface area contributed by atoms with Crippen LogP contribution >= 0.6 is 11.3 Å². The number of hydrazone groups is 1. The minimum Gasteiger partial charge on any atom is -0.493 e. The van der Waals surface area contributed by atoms with Crippen LogP contribution in [0.4, 0.5) is 5.13 Å². The van der Waals surface area contributed by atoms with Gasteiger partial charge in [0.25, 0.3) is 0 Å². The highest BCUT2D eigenvalue weighted by atomic mass is 32.1. The van der Waals surface area contributed by atoms with Crippen LogP contribution < -0.4 is 14.9 Å². The number of hydrogen-bond acceptors (Lipinski definition) is 6. The molecule has 4 rings (SSSR count). The lowest BCUT2D eigenvalue weighted by Crippen LogP contribution is -2.03. The zero-order valence-corrected chi connectivity index (χ0v) is 18.9. The summed E-state index contributed by atoms with van der Waals surface area (Å²) in [5.74, 6) is 1.40. The Hall–Kier alpha value is -3.64. The minimum absolute atomic E-state index is 0.586. The fraction of sp³-hybridized carbons (Fsp3) is 0.154. The van der Waals surface area contributed by atoms with Gasteiger partial charge in [0.05, 0.1) is 25.6 Å². The summed E-state index contributed by atoms with van der Waals surface area (Å²) in [5.41, 5.74) is 7.26. The second kappa shape index (κ2) is 10.6. The first-order valence-electron chi connectivity index (χ1n) is 10.4. The van der Waals surface area contributed by atoms with E-state index in [9.17, 15) is 0 Å². The molecule has 0 atom stereocenters. The Morgan fingerprint density at radius 3 is 2.47 bits per heavy atom. The van der Waals surface area contributed by atoms with Gasteiger partial charge in [0.1, 0.15) is 0 Å². The van der Waals surface area contributed by atoms with Crippen LogP contribution in [0, 0.1) is 6.92 Å². The highest BCUT2D eigenvalue weighted by molar-refractivity contribution is 7.15. The molecule has 0 amide bonds. The number of thiazole rings is 1. The number of benzene rings is 3. The predicted molar refractivity (Wildman–Crippen MR) is 132 cm³/mol. The second-order valence-corrected chi connectivity index (χ2v) is 8.36. The Morgan fingerprint density at radius 2 is 1.72 bits per heavy atom. The largest absolute Gasteiger partial charge is 0.493 e. The van der Waals surface area contributed by atoms with Gasteiger partial charge in [-0.05, 0) is 36.2 Å².